The Labute approximate surface area is 224 Å². The molecule has 0 saturated carbocycles. The number of likely N-dealkylation sites (N-methyl/N-ethyl adjacent to an activating group) is 1. The zero-order valence-electron chi connectivity index (χ0n) is 22.0. The van der Waals surface area contributed by atoms with Gasteiger partial charge in [0, 0.05) is 26.2 Å². The Morgan fingerprint density at radius 2 is 1.84 bits per heavy atom. The molecule has 8 heteroatoms. The molecule has 2 aliphatic rings. The van der Waals surface area contributed by atoms with E-state index in [0.29, 0.717) is 37.8 Å². The monoisotopic (exact) mass is 517 g/mol. The van der Waals surface area contributed by atoms with Crippen LogP contribution in [0.3, 0.4) is 0 Å². The molecule has 1 amide bonds. The molecule has 0 spiro atoms. The van der Waals surface area contributed by atoms with Gasteiger partial charge in [-0.05, 0) is 54.6 Å². The van der Waals surface area contributed by atoms with Crippen LogP contribution in [0.25, 0.3) is 0 Å². The van der Waals surface area contributed by atoms with Crippen molar-refractivity contribution in [2.75, 3.05) is 46.9 Å². The van der Waals surface area contributed by atoms with Crippen LogP contribution < -0.4 is 19.5 Å². The van der Waals surface area contributed by atoms with E-state index in [1.54, 1.807) is 7.11 Å². The fourth-order valence-electron chi connectivity index (χ4n) is 4.94. The maximum absolute atomic E-state index is 13.0. The van der Waals surface area contributed by atoms with Gasteiger partial charge >= 0.3 is 0 Å². The molecule has 0 aromatic heterocycles. The van der Waals surface area contributed by atoms with E-state index in [0.717, 1.165) is 35.7 Å². The number of rotatable bonds is 5. The number of benzene rings is 3. The molecule has 2 atom stereocenters. The lowest BCUT2D eigenvalue weighted by atomic mass is 10.1. The van der Waals surface area contributed by atoms with Gasteiger partial charge in [-0.25, -0.2) is 0 Å². The van der Waals surface area contributed by atoms with E-state index in [1.807, 2.05) is 84.7 Å². The summed E-state index contributed by atoms with van der Waals surface area (Å²) in [6, 6.07) is 23.5. The first-order chi connectivity index (χ1) is 18.6. The number of nitrogens with one attached hydrogen (secondary N) is 1. The first-order valence-electron chi connectivity index (χ1n) is 13.0. The predicted molar refractivity (Wildman–Crippen MR) is 145 cm³/mol. The number of hydrogen-bond donors (Lipinski definition) is 1. The van der Waals surface area contributed by atoms with E-state index in [2.05, 4.69) is 10.2 Å². The molecular weight excluding hydrogens is 482 g/mol. The van der Waals surface area contributed by atoms with Crippen LogP contribution in [0, 0.1) is 0 Å². The van der Waals surface area contributed by atoms with Crippen LogP contribution in [0.15, 0.2) is 72.8 Å². The molecule has 0 aliphatic carbocycles. The zero-order valence-corrected chi connectivity index (χ0v) is 22.0. The second-order valence-corrected chi connectivity index (χ2v) is 9.85. The molecule has 200 valence electrons. The SMILES string of the molecule is COc1ccc2cc1Oc1cccc(c1)CO[C@H]1CN(CCOc3ccccc3)C[C@@H]1NC(=O)CN(C)C2. The Morgan fingerprint density at radius 1 is 0.974 bits per heavy atom. The van der Waals surface area contributed by atoms with Gasteiger partial charge in [-0.1, -0.05) is 36.4 Å². The molecule has 8 nitrogen and oxygen atoms in total. The van der Waals surface area contributed by atoms with Crippen LogP contribution in [0.4, 0.5) is 0 Å². The normalized spacial score (nSPS) is 20.7. The predicted octanol–water partition coefficient (Wildman–Crippen LogP) is 3.70. The minimum atomic E-state index is -0.133. The number of nitrogens with zero attached hydrogens (tertiary/aromatic N) is 2. The molecule has 38 heavy (non-hydrogen) atoms. The van der Waals surface area contributed by atoms with E-state index in [1.165, 1.54) is 0 Å². The number of para-hydroxylation sites is 1. The number of carbonyl (C=O) groups is 1. The highest BCUT2D eigenvalue weighted by Crippen LogP contribution is 2.33. The fraction of sp³-hybridized carbons (Fsp3) is 0.367. The van der Waals surface area contributed by atoms with Crippen LogP contribution in [-0.2, 0) is 22.7 Å². The highest BCUT2D eigenvalue weighted by Gasteiger charge is 2.34. The van der Waals surface area contributed by atoms with Gasteiger partial charge in [0.2, 0.25) is 5.91 Å². The summed E-state index contributed by atoms with van der Waals surface area (Å²) in [5.41, 5.74) is 2.03. The van der Waals surface area contributed by atoms with Crippen LogP contribution in [0.2, 0.25) is 0 Å². The van der Waals surface area contributed by atoms with E-state index >= 15 is 0 Å². The first-order valence-corrected chi connectivity index (χ1v) is 13.0. The summed E-state index contributed by atoms with van der Waals surface area (Å²) in [6.07, 6.45) is -0.133. The maximum atomic E-state index is 13.0. The lowest BCUT2D eigenvalue weighted by Gasteiger charge is -2.23. The van der Waals surface area contributed by atoms with Crippen molar-refractivity contribution in [3.63, 3.8) is 0 Å². The second-order valence-electron chi connectivity index (χ2n) is 9.85. The van der Waals surface area contributed by atoms with Crippen molar-refractivity contribution in [3.8, 4) is 23.0 Å². The standard InChI is InChI=1S/C30H35N3O5/c1-32-17-22-11-12-27(35-2)28(16-22)38-25-10-6-7-23(15-25)21-37-29-19-33(18-26(29)31-30(34)20-32)13-14-36-24-8-4-3-5-9-24/h3-12,15-16,26,29H,13-14,17-21H2,1-2H3,(H,31,34)/t26-,29-/m0/s1. The van der Waals surface area contributed by atoms with Gasteiger partial charge < -0.3 is 24.3 Å². The van der Waals surface area contributed by atoms with E-state index < -0.39 is 0 Å². The summed E-state index contributed by atoms with van der Waals surface area (Å²) in [4.78, 5) is 17.3. The molecule has 3 aromatic carbocycles. The zero-order chi connectivity index (χ0) is 26.3. The summed E-state index contributed by atoms with van der Waals surface area (Å²) in [7, 11) is 3.57. The molecule has 1 N–H and O–H groups in total. The lowest BCUT2D eigenvalue weighted by Crippen LogP contribution is -2.47. The Bertz CT molecular complexity index is 1220. The van der Waals surface area contributed by atoms with Crippen LogP contribution >= 0.6 is 0 Å². The minimum absolute atomic E-state index is 0.0208. The number of likely N-dealkylation sites (tertiary alicyclic amines) is 1. The number of fused-ring (bicyclic) bond motifs is 5. The molecular formula is C30H35N3O5. The highest BCUT2D eigenvalue weighted by atomic mass is 16.5. The van der Waals surface area contributed by atoms with Gasteiger partial charge in [0.1, 0.15) is 18.1 Å². The molecule has 1 saturated heterocycles. The fourth-order valence-corrected chi connectivity index (χ4v) is 4.94. The highest BCUT2D eigenvalue weighted by molar-refractivity contribution is 5.78. The average molecular weight is 518 g/mol. The molecule has 1 fully saturated rings. The summed E-state index contributed by atoms with van der Waals surface area (Å²) in [5.74, 6) is 2.85. The third kappa shape index (κ3) is 6.83. The molecule has 3 aromatic rings. The Hall–Kier alpha value is -3.59. The molecule has 0 unspecified atom stereocenters. The Morgan fingerprint density at radius 3 is 2.68 bits per heavy atom. The third-order valence-electron chi connectivity index (χ3n) is 6.79. The van der Waals surface area contributed by atoms with E-state index in [-0.39, 0.29) is 24.6 Å². The summed E-state index contributed by atoms with van der Waals surface area (Å²) in [6.45, 7) is 4.05. The van der Waals surface area contributed by atoms with Crippen LogP contribution in [-0.4, -0.2) is 74.8 Å². The first kappa shape index (κ1) is 26.0. The average Bonchev–Trinajstić information content (AvgIpc) is 3.29. The molecule has 2 heterocycles. The van der Waals surface area contributed by atoms with Crippen molar-refractivity contribution >= 4 is 5.91 Å². The minimum Gasteiger partial charge on any atom is -0.493 e. The van der Waals surface area contributed by atoms with Crippen molar-refractivity contribution < 1.29 is 23.7 Å². The van der Waals surface area contributed by atoms with Gasteiger partial charge in [-0.15, -0.1) is 0 Å². The number of ether oxygens (including phenoxy) is 4. The molecule has 0 radical (unpaired) electrons. The van der Waals surface area contributed by atoms with E-state index in [4.69, 9.17) is 18.9 Å². The van der Waals surface area contributed by atoms with E-state index in [9.17, 15) is 4.79 Å². The van der Waals surface area contributed by atoms with Crippen molar-refractivity contribution in [3.05, 3.63) is 83.9 Å². The second kappa shape index (κ2) is 12.3. The quantitative estimate of drug-likeness (QED) is 0.553. The number of carbonyl (C=O) groups excluding carboxylic acids is 1. The largest absolute Gasteiger partial charge is 0.493 e. The van der Waals surface area contributed by atoms with Crippen molar-refractivity contribution in [2.24, 2.45) is 0 Å². The van der Waals surface area contributed by atoms with Crippen LogP contribution in [0.5, 0.6) is 23.0 Å². The van der Waals surface area contributed by atoms with Gasteiger partial charge in [-0.3, -0.25) is 14.6 Å². The van der Waals surface area contributed by atoms with Gasteiger partial charge in [0.25, 0.3) is 0 Å². The van der Waals surface area contributed by atoms with Crippen LogP contribution in [0.1, 0.15) is 11.1 Å². The van der Waals surface area contributed by atoms with Gasteiger partial charge in [-0.2, -0.15) is 0 Å². The van der Waals surface area contributed by atoms with Crippen molar-refractivity contribution in [1.29, 1.82) is 0 Å². The lowest BCUT2D eigenvalue weighted by molar-refractivity contribution is -0.123. The number of methoxy groups -OCH3 is 1. The van der Waals surface area contributed by atoms with Crippen molar-refractivity contribution in [2.45, 2.75) is 25.3 Å². The smallest absolute Gasteiger partial charge is 0.234 e. The molecule has 2 aliphatic heterocycles. The van der Waals surface area contributed by atoms with Gasteiger partial charge in [0.05, 0.1) is 32.4 Å². The third-order valence-corrected chi connectivity index (χ3v) is 6.79. The summed E-state index contributed by atoms with van der Waals surface area (Å²) >= 11 is 0. The summed E-state index contributed by atoms with van der Waals surface area (Å²) in [5, 5.41) is 3.23. The number of hydrogen-bond acceptors (Lipinski definition) is 7. The topological polar surface area (TPSA) is 72.5 Å². The maximum Gasteiger partial charge on any atom is 0.234 e. The number of amides is 1. The summed E-state index contributed by atoms with van der Waals surface area (Å²) < 4.78 is 24.0. The van der Waals surface area contributed by atoms with Gasteiger partial charge in [0.15, 0.2) is 11.5 Å². The Balaban J connectivity index is 1.31. The molecule has 5 rings (SSSR count). The Kier molecular flexibility index (Phi) is 8.43. The van der Waals surface area contributed by atoms with Crippen molar-refractivity contribution in [1.82, 2.24) is 15.1 Å². The molecule has 4 bridgehead atoms.